The number of unbranched alkanes of at least 4 members (excludes halogenated alkanes) is 2. The molecule has 2 aliphatic heterocycles. The zero-order chi connectivity index (χ0) is 30.8. The fraction of sp³-hybridized carbons (Fsp3) is 0.500. The first-order valence-corrected chi connectivity index (χ1v) is 17.5. The normalized spacial score (nSPS) is 19.6. The van der Waals surface area contributed by atoms with Crippen LogP contribution in [0.25, 0.3) is 0 Å². The summed E-state index contributed by atoms with van der Waals surface area (Å²) in [4.78, 5) is 42.5. The maximum absolute atomic E-state index is 13.5. The lowest BCUT2D eigenvalue weighted by Gasteiger charge is -2.28. The molecule has 2 aromatic carbocycles. The molecule has 232 valence electrons. The summed E-state index contributed by atoms with van der Waals surface area (Å²) in [5.41, 5.74) is 2.87. The minimum absolute atomic E-state index is 0.0308. The quantitative estimate of drug-likeness (QED) is 0.259. The van der Waals surface area contributed by atoms with Crippen molar-refractivity contribution in [2.75, 3.05) is 12.3 Å². The van der Waals surface area contributed by atoms with E-state index in [0.717, 1.165) is 50.6 Å². The summed E-state index contributed by atoms with van der Waals surface area (Å²) in [6.07, 6.45) is 7.68. The van der Waals surface area contributed by atoms with Crippen LogP contribution in [0.2, 0.25) is 0 Å². The molecule has 0 bridgehead atoms. The van der Waals surface area contributed by atoms with Gasteiger partial charge in [-0.3, -0.25) is 14.6 Å². The SMILES string of the molecule is CCC1SC[C@@H](C(=O)NC(Cc2ccc(CC(=O)CCCCCC3=NCCC3)cc2)C(=O)O)N1S(=O)(=O)c1ccccc1. The highest BCUT2D eigenvalue weighted by Crippen LogP contribution is 2.36. The number of rotatable bonds is 16. The first-order valence-electron chi connectivity index (χ1n) is 15.0. The first kappa shape index (κ1) is 32.9. The summed E-state index contributed by atoms with van der Waals surface area (Å²) in [6.45, 7) is 2.81. The number of nitrogens with one attached hydrogen (secondary N) is 1. The number of carbonyl (C=O) groups excluding carboxylic acids is 2. The predicted octanol–water partition coefficient (Wildman–Crippen LogP) is 4.64. The zero-order valence-electron chi connectivity index (χ0n) is 24.6. The van der Waals surface area contributed by atoms with Crippen molar-refractivity contribution < 1.29 is 27.9 Å². The Hall–Kier alpha value is -3.02. The van der Waals surface area contributed by atoms with E-state index < -0.39 is 39.4 Å². The molecule has 3 atom stereocenters. The average Bonchev–Trinajstić information content (AvgIpc) is 3.68. The van der Waals surface area contributed by atoms with E-state index in [0.29, 0.717) is 24.8 Å². The highest BCUT2D eigenvalue weighted by atomic mass is 32.2. The summed E-state index contributed by atoms with van der Waals surface area (Å²) < 4.78 is 28.1. The Morgan fingerprint density at radius 3 is 2.42 bits per heavy atom. The van der Waals surface area contributed by atoms with Crippen molar-refractivity contribution >= 4 is 45.2 Å². The predicted molar refractivity (Wildman–Crippen MR) is 169 cm³/mol. The molecule has 2 aliphatic rings. The van der Waals surface area contributed by atoms with Crippen LogP contribution in [0.5, 0.6) is 0 Å². The number of aliphatic imine (C=N–C) groups is 1. The number of carboxylic acids is 1. The summed E-state index contributed by atoms with van der Waals surface area (Å²) in [5, 5.41) is 12.0. The molecule has 2 aromatic rings. The van der Waals surface area contributed by atoms with E-state index >= 15 is 0 Å². The molecule has 2 heterocycles. The van der Waals surface area contributed by atoms with Crippen LogP contribution < -0.4 is 5.32 Å². The highest BCUT2D eigenvalue weighted by molar-refractivity contribution is 8.01. The summed E-state index contributed by atoms with van der Waals surface area (Å²) in [7, 11) is -3.96. The van der Waals surface area contributed by atoms with E-state index in [1.165, 1.54) is 33.9 Å². The van der Waals surface area contributed by atoms with Gasteiger partial charge in [-0.25, -0.2) is 13.2 Å². The number of sulfonamides is 1. The molecule has 2 N–H and O–H groups in total. The molecule has 0 radical (unpaired) electrons. The van der Waals surface area contributed by atoms with E-state index in [9.17, 15) is 27.9 Å². The van der Waals surface area contributed by atoms with Crippen LogP contribution >= 0.6 is 11.8 Å². The van der Waals surface area contributed by atoms with Crippen molar-refractivity contribution in [1.82, 2.24) is 9.62 Å². The second kappa shape index (κ2) is 15.6. The van der Waals surface area contributed by atoms with Crippen LogP contribution in [-0.2, 0) is 37.2 Å². The van der Waals surface area contributed by atoms with Crippen molar-refractivity contribution in [2.45, 2.75) is 93.5 Å². The minimum Gasteiger partial charge on any atom is -0.480 e. The van der Waals surface area contributed by atoms with Crippen LogP contribution in [0.1, 0.15) is 69.4 Å². The van der Waals surface area contributed by atoms with Crippen molar-refractivity contribution in [1.29, 1.82) is 0 Å². The van der Waals surface area contributed by atoms with Crippen molar-refractivity contribution in [2.24, 2.45) is 4.99 Å². The average molecular weight is 628 g/mol. The molecule has 4 rings (SSSR count). The Morgan fingerprint density at radius 1 is 1.05 bits per heavy atom. The van der Waals surface area contributed by atoms with Gasteiger partial charge < -0.3 is 10.4 Å². The largest absolute Gasteiger partial charge is 0.480 e. The molecular weight excluding hydrogens is 587 g/mol. The van der Waals surface area contributed by atoms with E-state index in [1.54, 1.807) is 30.3 Å². The third-order valence-corrected chi connectivity index (χ3v) is 11.4. The summed E-state index contributed by atoms with van der Waals surface area (Å²) in [5.74, 6) is -1.42. The second-order valence-electron chi connectivity index (χ2n) is 11.1. The van der Waals surface area contributed by atoms with Gasteiger partial charge in [0.15, 0.2) is 0 Å². The molecule has 11 heteroatoms. The Bertz CT molecular complexity index is 1400. The Kier molecular flexibility index (Phi) is 12.0. The van der Waals surface area contributed by atoms with Gasteiger partial charge >= 0.3 is 5.97 Å². The number of Topliss-reactive ketones (excluding diaryl/α,β-unsaturated/α-hetero) is 1. The Morgan fingerprint density at radius 2 is 1.77 bits per heavy atom. The number of amides is 1. The maximum Gasteiger partial charge on any atom is 0.326 e. The first-order chi connectivity index (χ1) is 20.7. The van der Waals surface area contributed by atoms with E-state index in [1.807, 2.05) is 19.1 Å². The molecule has 0 aliphatic carbocycles. The number of nitrogens with zero attached hydrogens (tertiary/aromatic N) is 2. The molecule has 43 heavy (non-hydrogen) atoms. The van der Waals surface area contributed by atoms with Gasteiger partial charge in [0.1, 0.15) is 17.9 Å². The van der Waals surface area contributed by atoms with Gasteiger partial charge in [-0.2, -0.15) is 4.31 Å². The van der Waals surface area contributed by atoms with Crippen molar-refractivity contribution in [3.63, 3.8) is 0 Å². The molecule has 0 spiro atoms. The summed E-state index contributed by atoms with van der Waals surface area (Å²) >= 11 is 1.37. The number of carboxylic acid groups (broad SMARTS) is 1. The lowest BCUT2D eigenvalue weighted by Crippen LogP contribution is -2.53. The number of hydrogen-bond acceptors (Lipinski definition) is 7. The van der Waals surface area contributed by atoms with Gasteiger partial charge in [0.05, 0.1) is 10.3 Å². The number of thioether (sulfide) groups is 1. The minimum atomic E-state index is -3.96. The van der Waals surface area contributed by atoms with Gasteiger partial charge in [0, 0.05) is 37.3 Å². The van der Waals surface area contributed by atoms with Crippen LogP contribution in [-0.4, -0.2) is 71.0 Å². The fourth-order valence-electron chi connectivity index (χ4n) is 5.52. The maximum atomic E-state index is 13.5. The standard InChI is InChI=1S/C32H41N3O6S2/c1-2-30-35(43(40,41)27-13-7-4-8-14-27)29(22-42-30)31(37)34-28(32(38)39)21-24-17-15-23(16-18-24)20-26(36)12-6-3-5-10-25-11-9-19-33-25/h4,7-8,13-18,28-30H,2-3,5-6,9-12,19-22H2,1H3,(H,34,37)(H,38,39)/t28?,29-,30?/m0/s1. The Labute approximate surface area is 258 Å². The van der Waals surface area contributed by atoms with Gasteiger partial charge in [0.25, 0.3) is 0 Å². The number of hydrogen-bond donors (Lipinski definition) is 2. The van der Waals surface area contributed by atoms with Gasteiger partial charge in [-0.15, -0.1) is 11.8 Å². The Balaban J connectivity index is 1.30. The fourth-order valence-corrected chi connectivity index (χ4v) is 9.09. The molecule has 0 saturated carbocycles. The highest BCUT2D eigenvalue weighted by Gasteiger charge is 2.46. The second-order valence-corrected chi connectivity index (χ2v) is 14.2. The molecule has 1 saturated heterocycles. The van der Waals surface area contributed by atoms with Crippen LogP contribution in [0, 0.1) is 0 Å². The van der Waals surface area contributed by atoms with Gasteiger partial charge in [-0.05, 0) is 61.8 Å². The lowest BCUT2D eigenvalue weighted by atomic mass is 10.00. The van der Waals surface area contributed by atoms with Crippen LogP contribution in [0.4, 0.5) is 0 Å². The molecule has 1 fully saturated rings. The third kappa shape index (κ3) is 9.00. The van der Waals surface area contributed by atoms with Crippen LogP contribution in [0.15, 0.2) is 64.5 Å². The molecule has 2 unspecified atom stereocenters. The smallest absolute Gasteiger partial charge is 0.326 e. The van der Waals surface area contributed by atoms with E-state index in [-0.39, 0.29) is 22.9 Å². The van der Waals surface area contributed by atoms with E-state index in [2.05, 4.69) is 10.3 Å². The molecule has 0 aromatic heterocycles. The van der Waals surface area contributed by atoms with Crippen LogP contribution in [0.3, 0.4) is 0 Å². The molecule has 1 amide bonds. The van der Waals surface area contributed by atoms with E-state index in [4.69, 9.17) is 0 Å². The topological polar surface area (TPSA) is 133 Å². The van der Waals surface area contributed by atoms with Gasteiger partial charge in [0.2, 0.25) is 15.9 Å². The monoisotopic (exact) mass is 627 g/mol. The zero-order valence-corrected chi connectivity index (χ0v) is 26.2. The number of benzene rings is 2. The lowest BCUT2D eigenvalue weighted by molar-refractivity contribution is -0.142. The number of aliphatic carboxylic acids is 1. The number of carbonyl (C=O) groups is 3. The molecular formula is C32H41N3O6S2. The van der Waals surface area contributed by atoms with Crippen molar-refractivity contribution in [3.8, 4) is 0 Å². The third-order valence-electron chi connectivity index (χ3n) is 7.87. The van der Waals surface area contributed by atoms with Crippen molar-refractivity contribution in [3.05, 3.63) is 65.7 Å². The van der Waals surface area contributed by atoms with Gasteiger partial charge in [-0.1, -0.05) is 55.8 Å². The summed E-state index contributed by atoms with van der Waals surface area (Å²) in [6, 6.07) is 12.9. The number of ketones is 1. The molecule has 9 nitrogen and oxygen atoms in total.